The number of halogens is 1. The van der Waals surface area contributed by atoms with Crippen LogP contribution in [0.5, 0.6) is 11.5 Å². The number of dihydropyridines is 1. The third-order valence-electron chi connectivity index (χ3n) is 11.9. The van der Waals surface area contributed by atoms with E-state index in [4.69, 9.17) is 35.5 Å². The van der Waals surface area contributed by atoms with Crippen LogP contribution in [0.1, 0.15) is 109 Å². The Morgan fingerprint density at radius 2 is 1.81 bits per heavy atom. The van der Waals surface area contributed by atoms with E-state index in [1.54, 1.807) is 86.7 Å². The van der Waals surface area contributed by atoms with Crippen LogP contribution in [0.15, 0.2) is 47.8 Å². The van der Waals surface area contributed by atoms with E-state index in [-0.39, 0.29) is 19.4 Å². The molecule has 1 aromatic heterocycles. The molecule has 2 aromatic rings. The van der Waals surface area contributed by atoms with E-state index in [1.165, 1.54) is 29.4 Å². The van der Waals surface area contributed by atoms with Crippen molar-refractivity contribution in [1.82, 2.24) is 25.2 Å². The molecule has 7 rings (SSSR count). The number of methoxy groups -OCH3 is 1. The Balaban J connectivity index is 1.25. The van der Waals surface area contributed by atoms with E-state index in [0.29, 0.717) is 56.3 Å². The smallest absolute Gasteiger partial charge is 0.408 e. The van der Waals surface area contributed by atoms with Gasteiger partial charge in [0.1, 0.15) is 63.2 Å². The zero-order valence-corrected chi connectivity index (χ0v) is 40.0. The molecule has 1 aromatic carbocycles. The minimum Gasteiger partial charge on any atom is -0.495 e. The van der Waals surface area contributed by atoms with Crippen LogP contribution in [0.4, 0.5) is 4.79 Å². The van der Waals surface area contributed by atoms with Gasteiger partial charge in [0.05, 0.1) is 34.5 Å². The van der Waals surface area contributed by atoms with E-state index < -0.39 is 97.0 Å². The summed E-state index contributed by atoms with van der Waals surface area (Å²) in [4.78, 5) is 68.0. The number of sulfonamides is 1. The highest BCUT2D eigenvalue weighted by atomic mass is 35.5. The molecule has 20 heteroatoms. The second-order valence-corrected chi connectivity index (χ2v) is 23.2. The summed E-state index contributed by atoms with van der Waals surface area (Å²) >= 11 is 8.18. The summed E-state index contributed by atoms with van der Waals surface area (Å²) in [5, 5.41) is 16.3. The number of alkyl carbamates (subject to hydrolysis) is 1. The molecular weight excluding hydrogens is 888 g/mol. The molecule has 64 heavy (non-hydrogen) atoms. The van der Waals surface area contributed by atoms with E-state index in [9.17, 15) is 32.7 Å². The third-order valence-corrected chi connectivity index (χ3v) is 15.5. The standard InChI is InChI=1S/C44H57ClN6O11S2/c1-12-22-19-44(22,37(54)50-64(57,58)24-13-14-24)49-35(52)26-17-23(21-51(26)36(53)34(40(2,3)4)48-39(55)62-41(5,6)7)60-30-18-25(29-20-46-38(63-29)42(8,9)56)47-33-31-27(61-43(30,33)10)15-16-28(59-11)32(31)45/h12,15-16,18,20,22-24,26,33-34,56H,1,13-14,17,19,21H2,2-11H3,(H,48,55)(H,49,52)(H,50,54). The second-order valence-electron chi connectivity index (χ2n) is 19.8. The number of nitrogens with one attached hydrogen (secondary N) is 3. The number of rotatable bonds is 13. The zero-order chi connectivity index (χ0) is 47.1. The van der Waals surface area contributed by atoms with Crippen molar-refractivity contribution in [2.45, 2.75) is 140 Å². The van der Waals surface area contributed by atoms with Crippen LogP contribution in [0.25, 0.3) is 0 Å². The van der Waals surface area contributed by atoms with Gasteiger partial charge in [0, 0.05) is 30.2 Å². The van der Waals surface area contributed by atoms with Gasteiger partial charge in [-0.2, -0.15) is 0 Å². The first-order chi connectivity index (χ1) is 29.6. The number of likely N-dealkylation sites (tertiary alicyclic amines) is 1. The monoisotopic (exact) mass is 944 g/mol. The van der Waals surface area contributed by atoms with E-state index in [2.05, 4.69) is 26.9 Å². The number of nitrogens with zero attached hydrogens (tertiary/aromatic N) is 3. The molecule has 4 N–H and O–H groups in total. The molecule has 2 saturated carbocycles. The normalized spacial score (nSPS) is 26.8. The van der Waals surface area contributed by atoms with Gasteiger partial charge in [-0.3, -0.25) is 24.1 Å². The Morgan fingerprint density at radius 1 is 1.12 bits per heavy atom. The van der Waals surface area contributed by atoms with E-state index in [0.717, 1.165) is 0 Å². The fourth-order valence-electron chi connectivity index (χ4n) is 8.21. The number of hydrogen-bond acceptors (Lipinski definition) is 14. The highest BCUT2D eigenvalue weighted by molar-refractivity contribution is 7.91. The Morgan fingerprint density at radius 3 is 2.38 bits per heavy atom. The third kappa shape index (κ3) is 9.09. The van der Waals surface area contributed by atoms with Gasteiger partial charge in [-0.25, -0.2) is 18.2 Å². The Labute approximate surface area is 382 Å². The lowest BCUT2D eigenvalue weighted by atomic mass is 9.85. The molecule has 7 atom stereocenters. The van der Waals surface area contributed by atoms with Crippen molar-refractivity contribution in [2.75, 3.05) is 13.7 Å². The first-order valence-corrected chi connectivity index (χ1v) is 23.9. The number of allylic oxidation sites excluding steroid dienone is 1. The lowest BCUT2D eigenvalue weighted by Gasteiger charge is -2.36. The van der Waals surface area contributed by atoms with Crippen molar-refractivity contribution >= 4 is 62.5 Å². The van der Waals surface area contributed by atoms with Gasteiger partial charge >= 0.3 is 6.09 Å². The second kappa shape index (κ2) is 16.3. The zero-order valence-electron chi connectivity index (χ0n) is 37.7. The molecule has 3 fully saturated rings. The van der Waals surface area contributed by atoms with Crippen LogP contribution < -0.4 is 24.8 Å². The average molecular weight is 946 g/mol. The Bertz CT molecular complexity index is 2450. The van der Waals surface area contributed by atoms with Crippen LogP contribution in [0.3, 0.4) is 0 Å². The van der Waals surface area contributed by atoms with Gasteiger partial charge in [-0.15, -0.1) is 17.9 Å². The van der Waals surface area contributed by atoms with Crippen molar-refractivity contribution < 1.29 is 51.6 Å². The molecule has 7 unspecified atom stereocenters. The number of benzene rings is 1. The maximum Gasteiger partial charge on any atom is 0.408 e. The molecule has 0 spiro atoms. The summed E-state index contributed by atoms with van der Waals surface area (Å²) in [5.74, 6) is -1.69. The summed E-state index contributed by atoms with van der Waals surface area (Å²) in [7, 11) is -2.47. The number of thiazole rings is 1. The first-order valence-electron chi connectivity index (χ1n) is 21.1. The Hall–Kier alpha value is -4.72. The van der Waals surface area contributed by atoms with Gasteiger partial charge in [-0.1, -0.05) is 38.4 Å². The van der Waals surface area contributed by atoms with Gasteiger partial charge in [-0.05, 0) is 78.4 Å². The summed E-state index contributed by atoms with van der Waals surface area (Å²) < 4.78 is 52.5. The molecule has 17 nitrogen and oxygen atoms in total. The fraction of sp³-hybridized carbons (Fsp3) is 0.591. The van der Waals surface area contributed by atoms with E-state index >= 15 is 0 Å². The Kier molecular flexibility index (Phi) is 12.0. The SMILES string of the molecule is C=CC1CC1(NC(=O)C1CC(OC2=CC(c3cnc(C(C)(C)O)s3)=NC3c4c(ccc(OC)c4Cl)OC23C)CN1C(=O)C(NC(=O)OC(C)(C)C)C(C)(C)C)C(=O)NS(=O)(=O)C1CC1. The summed E-state index contributed by atoms with van der Waals surface area (Å²) in [6.45, 7) is 19.1. The minimum absolute atomic E-state index is 0.0897. The average Bonchev–Trinajstić information content (AvgIpc) is 4.01. The number of aliphatic hydroxyl groups is 1. The number of amides is 4. The molecule has 1 saturated heterocycles. The van der Waals surface area contributed by atoms with Crippen molar-refractivity contribution in [2.24, 2.45) is 16.3 Å². The molecule has 0 radical (unpaired) electrons. The van der Waals surface area contributed by atoms with Crippen molar-refractivity contribution in [1.29, 1.82) is 0 Å². The number of ether oxygens (including phenoxy) is 4. The van der Waals surface area contributed by atoms with Crippen molar-refractivity contribution in [3.63, 3.8) is 0 Å². The van der Waals surface area contributed by atoms with Crippen LogP contribution in [0, 0.1) is 11.3 Å². The summed E-state index contributed by atoms with van der Waals surface area (Å²) in [6, 6.07) is 0.171. The van der Waals surface area contributed by atoms with Crippen molar-refractivity contribution in [3.05, 3.63) is 63.3 Å². The predicted octanol–water partition coefficient (Wildman–Crippen LogP) is 5.21. The first kappa shape index (κ1) is 47.2. The number of carbonyl (C=O) groups is 4. The molecular formula is C44H57ClN6O11S2. The van der Waals surface area contributed by atoms with Gasteiger partial charge in [0.15, 0.2) is 5.60 Å². The molecule has 4 amide bonds. The lowest BCUT2D eigenvalue weighted by molar-refractivity contribution is -0.143. The molecule has 5 aliphatic rings. The van der Waals surface area contributed by atoms with E-state index in [1.807, 2.05) is 0 Å². The number of hydrogen-bond donors (Lipinski definition) is 4. The molecule has 4 heterocycles. The number of fused-ring (bicyclic) bond motifs is 3. The van der Waals surface area contributed by atoms with Crippen LogP contribution in [-0.2, 0) is 39.5 Å². The molecule has 0 bridgehead atoms. The lowest BCUT2D eigenvalue weighted by Crippen LogP contribution is -2.60. The van der Waals surface area contributed by atoms with Gasteiger partial charge in [0.2, 0.25) is 21.8 Å². The maximum atomic E-state index is 14.9. The largest absolute Gasteiger partial charge is 0.495 e. The predicted molar refractivity (Wildman–Crippen MR) is 239 cm³/mol. The van der Waals surface area contributed by atoms with Gasteiger partial charge < -0.3 is 39.6 Å². The number of aliphatic imine (C=N–C) groups is 1. The quantitative estimate of drug-likeness (QED) is 0.190. The highest BCUT2D eigenvalue weighted by Gasteiger charge is 2.62. The van der Waals surface area contributed by atoms with Gasteiger partial charge in [0.25, 0.3) is 5.91 Å². The molecule has 2 aliphatic carbocycles. The van der Waals surface area contributed by atoms with Crippen LogP contribution in [-0.4, -0.2) is 107 Å². The summed E-state index contributed by atoms with van der Waals surface area (Å²) in [5.41, 5.74) is -4.93. The highest BCUT2D eigenvalue weighted by Crippen LogP contribution is 2.56. The fourth-order valence-corrected chi connectivity index (χ4v) is 10.8. The number of carbonyl (C=O) groups excluding carboxylic acids is 4. The van der Waals surface area contributed by atoms with Crippen LogP contribution >= 0.6 is 22.9 Å². The van der Waals surface area contributed by atoms with Crippen LogP contribution in [0.2, 0.25) is 5.02 Å². The summed E-state index contributed by atoms with van der Waals surface area (Å²) in [6.07, 6.45) is 3.92. The number of aromatic nitrogens is 1. The maximum absolute atomic E-state index is 14.9. The molecule has 3 aliphatic heterocycles. The molecule has 348 valence electrons. The topological polar surface area (TPSA) is 224 Å². The van der Waals surface area contributed by atoms with Crippen molar-refractivity contribution in [3.8, 4) is 11.5 Å². The minimum atomic E-state index is -3.97.